The van der Waals surface area contributed by atoms with E-state index in [1.54, 1.807) is 19.9 Å². The van der Waals surface area contributed by atoms with Crippen LogP contribution >= 0.6 is 0 Å². The largest absolute Gasteiger partial charge is 0.618 e. The van der Waals surface area contributed by atoms with E-state index in [4.69, 9.17) is 4.74 Å². The Balaban J connectivity index is 1.78. The van der Waals surface area contributed by atoms with Crippen LogP contribution < -0.4 is 9.47 Å². The van der Waals surface area contributed by atoms with E-state index in [0.717, 1.165) is 27.0 Å². The standard InChI is InChI=1S/C22H23N3O3/c1-15-23-19-12-25(27)20-11-17(28-13-16-7-5-4-6-8-16)9-10-18(20)21(19)24(15)14-22(2,3)26/h4-12,26H,13-14H2,1-3H3. The molecule has 2 aromatic carbocycles. The second-order valence-corrected chi connectivity index (χ2v) is 7.70. The Hall–Kier alpha value is -3.12. The van der Waals surface area contributed by atoms with Crippen LogP contribution in [0.15, 0.2) is 54.7 Å². The number of fused-ring (bicyclic) bond motifs is 3. The number of rotatable bonds is 5. The van der Waals surface area contributed by atoms with Gasteiger partial charge in [0.2, 0.25) is 11.7 Å². The van der Waals surface area contributed by atoms with E-state index < -0.39 is 5.60 Å². The number of aliphatic hydroxyl groups is 1. The molecule has 6 heteroatoms. The average Bonchev–Trinajstić information content (AvgIpc) is 2.94. The molecule has 0 atom stereocenters. The fourth-order valence-corrected chi connectivity index (χ4v) is 3.45. The summed E-state index contributed by atoms with van der Waals surface area (Å²) >= 11 is 0. The highest BCUT2D eigenvalue weighted by Gasteiger charge is 2.22. The quantitative estimate of drug-likeness (QED) is 0.427. The molecule has 0 spiro atoms. The topological polar surface area (TPSA) is 74.2 Å². The molecule has 2 aromatic heterocycles. The normalized spacial score (nSPS) is 12.0. The van der Waals surface area contributed by atoms with Gasteiger partial charge in [-0.15, -0.1) is 0 Å². The lowest BCUT2D eigenvalue weighted by atomic mass is 10.1. The van der Waals surface area contributed by atoms with Crippen molar-refractivity contribution in [2.45, 2.75) is 39.5 Å². The fourth-order valence-electron chi connectivity index (χ4n) is 3.45. The molecule has 0 saturated heterocycles. The molecular formula is C22H23N3O3. The number of hydrogen-bond acceptors (Lipinski definition) is 4. The molecule has 0 aliphatic rings. The zero-order valence-electron chi connectivity index (χ0n) is 16.2. The van der Waals surface area contributed by atoms with Gasteiger partial charge in [0.05, 0.1) is 29.1 Å². The minimum atomic E-state index is -0.896. The molecule has 0 unspecified atom stereocenters. The molecule has 28 heavy (non-hydrogen) atoms. The molecule has 0 aliphatic carbocycles. The molecule has 0 fully saturated rings. The highest BCUT2D eigenvalue weighted by molar-refractivity contribution is 6.01. The van der Waals surface area contributed by atoms with E-state index in [9.17, 15) is 10.3 Å². The van der Waals surface area contributed by atoms with Gasteiger partial charge >= 0.3 is 0 Å². The maximum Gasteiger partial charge on any atom is 0.229 e. The predicted octanol–water partition coefficient (Wildman–Crippen LogP) is 3.48. The maximum atomic E-state index is 12.6. The summed E-state index contributed by atoms with van der Waals surface area (Å²) in [5.41, 5.74) is 2.13. The smallest absolute Gasteiger partial charge is 0.229 e. The Labute approximate surface area is 163 Å². The minimum Gasteiger partial charge on any atom is -0.618 e. The van der Waals surface area contributed by atoms with E-state index in [1.165, 1.54) is 6.20 Å². The molecule has 0 saturated carbocycles. The molecule has 0 amide bonds. The summed E-state index contributed by atoms with van der Waals surface area (Å²) in [6.45, 7) is 6.21. The third kappa shape index (κ3) is 3.51. The first kappa shape index (κ1) is 18.3. The SMILES string of the molecule is Cc1nc2c[n+]([O-])c3cc(OCc4ccccc4)ccc3c2n1CC(C)(C)O. The number of nitrogens with zero attached hydrogens (tertiary/aromatic N) is 3. The van der Waals surface area contributed by atoms with Crippen molar-refractivity contribution in [3.8, 4) is 5.75 Å². The number of imidazole rings is 1. The van der Waals surface area contributed by atoms with Gasteiger partial charge < -0.3 is 19.6 Å². The van der Waals surface area contributed by atoms with Gasteiger partial charge in [0.15, 0.2) is 5.52 Å². The number of aromatic nitrogens is 3. The molecule has 0 aliphatic heterocycles. The van der Waals surface area contributed by atoms with Gasteiger partial charge in [0.1, 0.15) is 18.2 Å². The summed E-state index contributed by atoms with van der Waals surface area (Å²) in [6, 6.07) is 15.4. The first-order chi connectivity index (χ1) is 13.3. The van der Waals surface area contributed by atoms with E-state index in [-0.39, 0.29) is 0 Å². The van der Waals surface area contributed by atoms with Gasteiger partial charge in [0.25, 0.3) is 0 Å². The summed E-state index contributed by atoms with van der Waals surface area (Å²) in [7, 11) is 0. The number of pyridine rings is 1. The summed E-state index contributed by atoms with van der Waals surface area (Å²) in [5, 5.41) is 23.7. The van der Waals surface area contributed by atoms with Gasteiger partial charge in [-0.3, -0.25) is 0 Å². The molecule has 4 aromatic rings. The van der Waals surface area contributed by atoms with Gasteiger partial charge in [-0.25, -0.2) is 4.98 Å². The molecule has 1 N–H and O–H groups in total. The van der Waals surface area contributed by atoms with Crippen LogP contribution in [0.4, 0.5) is 0 Å². The maximum absolute atomic E-state index is 12.6. The summed E-state index contributed by atoms with van der Waals surface area (Å²) in [6.07, 6.45) is 1.48. The zero-order valence-corrected chi connectivity index (χ0v) is 16.2. The van der Waals surface area contributed by atoms with Crippen LogP contribution in [0, 0.1) is 12.1 Å². The molecular weight excluding hydrogens is 354 g/mol. The predicted molar refractivity (Wildman–Crippen MR) is 108 cm³/mol. The second-order valence-electron chi connectivity index (χ2n) is 7.70. The Morgan fingerprint density at radius 2 is 1.93 bits per heavy atom. The van der Waals surface area contributed by atoms with Crippen LogP contribution in [-0.2, 0) is 13.2 Å². The lowest BCUT2D eigenvalue weighted by Crippen LogP contribution is -2.28. The first-order valence-electron chi connectivity index (χ1n) is 9.24. The molecule has 0 bridgehead atoms. The van der Waals surface area contributed by atoms with Crippen LogP contribution in [-0.4, -0.2) is 20.3 Å². The van der Waals surface area contributed by atoms with Crippen molar-refractivity contribution in [3.05, 3.63) is 71.3 Å². The molecule has 144 valence electrons. The number of aryl methyl sites for hydroxylation is 1. The Bertz CT molecular complexity index is 1140. The first-order valence-corrected chi connectivity index (χ1v) is 9.24. The highest BCUT2D eigenvalue weighted by atomic mass is 16.5. The van der Waals surface area contributed by atoms with Crippen LogP contribution in [0.2, 0.25) is 0 Å². The number of benzene rings is 2. The molecule has 6 nitrogen and oxygen atoms in total. The van der Waals surface area contributed by atoms with Crippen LogP contribution in [0.25, 0.3) is 21.9 Å². The van der Waals surface area contributed by atoms with Crippen molar-refractivity contribution in [1.82, 2.24) is 9.55 Å². The van der Waals surface area contributed by atoms with Gasteiger partial charge in [-0.1, -0.05) is 30.3 Å². The monoisotopic (exact) mass is 377 g/mol. The number of ether oxygens (including phenoxy) is 1. The van der Waals surface area contributed by atoms with Crippen LogP contribution in [0.3, 0.4) is 0 Å². The molecule has 2 heterocycles. The van der Waals surface area contributed by atoms with Crippen molar-refractivity contribution >= 4 is 21.9 Å². The summed E-state index contributed by atoms with van der Waals surface area (Å²) < 4.78 is 8.66. The lowest BCUT2D eigenvalue weighted by Gasteiger charge is -2.19. The minimum absolute atomic E-state index is 0.388. The van der Waals surface area contributed by atoms with Gasteiger partial charge in [-0.05, 0) is 38.5 Å². The molecule has 0 radical (unpaired) electrons. The third-order valence-corrected chi connectivity index (χ3v) is 4.68. The van der Waals surface area contributed by atoms with Gasteiger partial charge in [0, 0.05) is 0 Å². The van der Waals surface area contributed by atoms with Crippen molar-refractivity contribution in [3.63, 3.8) is 0 Å². The lowest BCUT2D eigenvalue weighted by molar-refractivity contribution is -0.575. The highest BCUT2D eigenvalue weighted by Crippen LogP contribution is 2.28. The van der Waals surface area contributed by atoms with E-state index in [2.05, 4.69) is 4.98 Å². The van der Waals surface area contributed by atoms with Crippen molar-refractivity contribution in [2.75, 3.05) is 0 Å². The molecule has 4 rings (SSSR count). The van der Waals surface area contributed by atoms with Gasteiger partial charge in [-0.2, -0.15) is 4.73 Å². The summed E-state index contributed by atoms with van der Waals surface area (Å²) in [5.74, 6) is 1.39. The van der Waals surface area contributed by atoms with Crippen molar-refractivity contribution < 1.29 is 14.6 Å². The zero-order chi connectivity index (χ0) is 19.9. The Morgan fingerprint density at radius 3 is 2.64 bits per heavy atom. The van der Waals surface area contributed by atoms with E-state index in [0.29, 0.717) is 29.9 Å². The Morgan fingerprint density at radius 1 is 1.18 bits per heavy atom. The average molecular weight is 377 g/mol. The summed E-state index contributed by atoms with van der Waals surface area (Å²) in [4.78, 5) is 4.51. The Kier molecular flexibility index (Phi) is 4.43. The van der Waals surface area contributed by atoms with Crippen molar-refractivity contribution in [1.29, 1.82) is 0 Å². The van der Waals surface area contributed by atoms with Crippen LogP contribution in [0.1, 0.15) is 25.2 Å². The van der Waals surface area contributed by atoms with Crippen LogP contribution in [0.5, 0.6) is 5.75 Å². The third-order valence-electron chi connectivity index (χ3n) is 4.68. The van der Waals surface area contributed by atoms with E-state index in [1.807, 2.05) is 54.0 Å². The fraction of sp³-hybridized carbons (Fsp3) is 0.273. The second kappa shape index (κ2) is 6.80. The number of hydrogen-bond donors (Lipinski definition) is 1. The van der Waals surface area contributed by atoms with Crippen molar-refractivity contribution in [2.24, 2.45) is 0 Å². The van der Waals surface area contributed by atoms with E-state index >= 15 is 0 Å².